The molecule has 0 atom stereocenters. The van der Waals surface area contributed by atoms with Gasteiger partial charge < -0.3 is 10.0 Å². The zero-order valence-corrected chi connectivity index (χ0v) is 10.2. The number of phenols is 1. The second-order valence-electron chi connectivity index (χ2n) is 4.37. The number of phenolic OH excluding ortho intramolecular Hbond substituents is 1. The first kappa shape index (κ1) is 11.5. The molecule has 0 radical (unpaired) electrons. The van der Waals surface area contributed by atoms with E-state index in [1.165, 1.54) is 11.3 Å². The maximum Gasteiger partial charge on any atom is 0.119 e. The van der Waals surface area contributed by atoms with Gasteiger partial charge in [0.15, 0.2) is 0 Å². The molecule has 0 aliphatic carbocycles. The van der Waals surface area contributed by atoms with Crippen LogP contribution in [0.2, 0.25) is 0 Å². The van der Waals surface area contributed by atoms with Crippen LogP contribution in [0, 0.1) is 0 Å². The number of anilines is 1. The first-order valence-corrected chi connectivity index (χ1v) is 5.70. The van der Waals surface area contributed by atoms with Crippen molar-refractivity contribution in [3.05, 3.63) is 59.7 Å². The van der Waals surface area contributed by atoms with Crippen molar-refractivity contribution >= 4 is 5.69 Å². The molecule has 0 bridgehead atoms. The second kappa shape index (κ2) is 4.91. The van der Waals surface area contributed by atoms with Gasteiger partial charge in [-0.15, -0.1) is 0 Å². The van der Waals surface area contributed by atoms with Crippen LogP contribution in [0.15, 0.2) is 48.5 Å². The highest BCUT2D eigenvalue weighted by molar-refractivity contribution is 5.47. The lowest BCUT2D eigenvalue weighted by molar-refractivity contribution is 0.469. The number of benzene rings is 2. The monoisotopic (exact) mass is 227 g/mol. The van der Waals surface area contributed by atoms with Crippen LogP contribution in [0.5, 0.6) is 5.75 Å². The van der Waals surface area contributed by atoms with Crippen LogP contribution in [0.1, 0.15) is 11.1 Å². The van der Waals surface area contributed by atoms with Gasteiger partial charge in [-0.3, -0.25) is 0 Å². The molecule has 2 heteroatoms. The fourth-order valence-electron chi connectivity index (χ4n) is 1.79. The highest BCUT2D eigenvalue weighted by atomic mass is 16.3. The molecule has 2 rings (SSSR count). The third-order valence-electron chi connectivity index (χ3n) is 2.84. The quantitative estimate of drug-likeness (QED) is 0.871. The highest BCUT2D eigenvalue weighted by Gasteiger charge is 2.02. The molecule has 0 amide bonds. The summed E-state index contributed by atoms with van der Waals surface area (Å²) in [5, 5.41) is 9.71. The zero-order valence-electron chi connectivity index (χ0n) is 10.2. The summed E-state index contributed by atoms with van der Waals surface area (Å²) in [6, 6.07) is 15.9. The van der Waals surface area contributed by atoms with Crippen LogP contribution in [-0.2, 0) is 6.42 Å². The van der Waals surface area contributed by atoms with Crippen molar-refractivity contribution in [2.24, 2.45) is 0 Å². The molecule has 2 aromatic carbocycles. The Hall–Kier alpha value is -1.96. The summed E-state index contributed by atoms with van der Waals surface area (Å²) in [7, 11) is 4.05. The van der Waals surface area contributed by atoms with Crippen molar-refractivity contribution in [2.75, 3.05) is 19.0 Å². The number of aromatic hydroxyl groups is 1. The van der Waals surface area contributed by atoms with Crippen molar-refractivity contribution in [1.29, 1.82) is 0 Å². The van der Waals surface area contributed by atoms with E-state index >= 15 is 0 Å². The van der Waals surface area contributed by atoms with Gasteiger partial charge in [0, 0.05) is 26.2 Å². The summed E-state index contributed by atoms with van der Waals surface area (Å²) in [5.74, 6) is 0.365. The summed E-state index contributed by atoms with van der Waals surface area (Å²) in [6.45, 7) is 0. The topological polar surface area (TPSA) is 23.5 Å². The lowest BCUT2D eigenvalue weighted by Crippen LogP contribution is -2.08. The van der Waals surface area contributed by atoms with Gasteiger partial charge in [-0.05, 0) is 29.3 Å². The Morgan fingerprint density at radius 3 is 2.18 bits per heavy atom. The molecule has 0 unspecified atom stereocenters. The standard InChI is InChI=1S/C15H17NO/c1-16(2)14-9-7-12(8-10-14)11-13-5-3-4-6-15(13)17/h3-10,17H,11H2,1-2H3. The van der Waals surface area contributed by atoms with Crippen LogP contribution < -0.4 is 4.90 Å². The van der Waals surface area contributed by atoms with Crippen LogP contribution >= 0.6 is 0 Å². The molecular weight excluding hydrogens is 210 g/mol. The molecular formula is C15H17NO. The van der Waals surface area contributed by atoms with Crippen molar-refractivity contribution in [3.8, 4) is 5.75 Å². The minimum atomic E-state index is 0.365. The van der Waals surface area contributed by atoms with E-state index in [0.29, 0.717) is 5.75 Å². The fraction of sp³-hybridized carbons (Fsp3) is 0.200. The Balaban J connectivity index is 2.17. The van der Waals surface area contributed by atoms with Crippen molar-refractivity contribution in [1.82, 2.24) is 0 Å². The molecule has 0 spiro atoms. The number of para-hydroxylation sites is 1. The van der Waals surface area contributed by atoms with E-state index in [-0.39, 0.29) is 0 Å². The number of hydrogen-bond donors (Lipinski definition) is 1. The van der Waals surface area contributed by atoms with E-state index in [1.54, 1.807) is 6.07 Å². The minimum Gasteiger partial charge on any atom is -0.508 e. The van der Waals surface area contributed by atoms with Crippen molar-refractivity contribution < 1.29 is 5.11 Å². The van der Waals surface area contributed by atoms with Gasteiger partial charge in [0.2, 0.25) is 0 Å². The molecule has 0 saturated heterocycles. The molecule has 2 aromatic rings. The third kappa shape index (κ3) is 2.78. The Kier molecular flexibility index (Phi) is 3.33. The van der Waals surface area contributed by atoms with Gasteiger partial charge in [0.25, 0.3) is 0 Å². The predicted octanol–water partition coefficient (Wildman–Crippen LogP) is 3.05. The highest BCUT2D eigenvalue weighted by Crippen LogP contribution is 2.21. The zero-order chi connectivity index (χ0) is 12.3. The summed E-state index contributed by atoms with van der Waals surface area (Å²) < 4.78 is 0. The Labute approximate surface area is 102 Å². The SMILES string of the molecule is CN(C)c1ccc(Cc2ccccc2O)cc1. The van der Waals surface area contributed by atoms with Gasteiger partial charge in [0.1, 0.15) is 5.75 Å². The summed E-state index contributed by atoms with van der Waals surface area (Å²) in [6.07, 6.45) is 0.764. The largest absolute Gasteiger partial charge is 0.508 e. The molecule has 0 aliphatic rings. The van der Waals surface area contributed by atoms with Crippen LogP contribution in [-0.4, -0.2) is 19.2 Å². The molecule has 1 N–H and O–H groups in total. The average Bonchev–Trinajstić information content (AvgIpc) is 2.33. The van der Waals surface area contributed by atoms with Gasteiger partial charge in [-0.25, -0.2) is 0 Å². The van der Waals surface area contributed by atoms with Gasteiger partial charge >= 0.3 is 0 Å². The van der Waals surface area contributed by atoms with Gasteiger partial charge in [0.05, 0.1) is 0 Å². The van der Waals surface area contributed by atoms with Crippen LogP contribution in [0.25, 0.3) is 0 Å². The van der Waals surface area contributed by atoms with E-state index in [0.717, 1.165) is 12.0 Å². The smallest absolute Gasteiger partial charge is 0.119 e. The Bertz CT molecular complexity index is 489. The lowest BCUT2D eigenvalue weighted by Gasteiger charge is -2.12. The van der Waals surface area contributed by atoms with Gasteiger partial charge in [-0.2, -0.15) is 0 Å². The summed E-state index contributed by atoms with van der Waals surface area (Å²) in [4.78, 5) is 2.07. The first-order chi connectivity index (χ1) is 8.16. The van der Waals surface area contributed by atoms with Crippen molar-refractivity contribution in [2.45, 2.75) is 6.42 Å². The molecule has 0 heterocycles. The maximum atomic E-state index is 9.71. The number of rotatable bonds is 3. The number of nitrogens with zero attached hydrogens (tertiary/aromatic N) is 1. The second-order valence-corrected chi connectivity index (χ2v) is 4.37. The maximum absolute atomic E-state index is 9.71. The van der Waals surface area contributed by atoms with E-state index < -0.39 is 0 Å². The molecule has 0 saturated carbocycles. The first-order valence-electron chi connectivity index (χ1n) is 5.70. The molecule has 0 aliphatic heterocycles. The summed E-state index contributed by atoms with van der Waals surface area (Å²) in [5.41, 5.74) is 3.35. The van der Waals surface area contributed by atoms with Gasteiger partial charge in [-0.1, -0.05) is 30.3 Å². The predicted molar refractivity (Wildman–Crippen MR) is 71.7 cm³/mol. The van der Waals surface area contributed by atoms with E-state index in [4.69, 9.17) is 0 Å². The Morgan fingerprint density at radius 1 is 0.941 bits per heavy atom. The molecule has 0 fully saturated rings. The molecule has 88 valence electrons. The summed E-state index contributed by atoms with van der Waals surface area (Å²) >= 11 is 0. The normalized spacial score (nSPS) is 10.2. The minimum absolute atomic E-state index is 0.365. The average molecular weight is 227 g/mol. The van der Waals surface area contributed by atoms with E-state index in [1.807, 2.05) is 32.3 Å². The third-order valence-corrected chi connectivity index (χ3v) is 2.84. The van der Waals surface area contributed by atoms with Crippen LogP contribution in [0.3, 0.4) is 0 Å². The fourth-order valence-corrected chi connectivity index (χ4v) is 1.79. The van der Waals surface area contributed by atoms with Crippen molar-refractivity contribution in [3.63, 3.8) is 0 Å². The molecule has 0 aromatic heterocycles. The lowest BCUT2D eigenvalue weighted by atomic mass is 10.0. The number of hydrogen-bond acceptors (Lipinski definition) is 2. The van der Waals surface area contributed by atoms with Crippen LogP contribution in [0.4, 0.5) is 5.69 Å². The van der Waals surface area contributed by atoms with E-state index in [9.17, 15) is 5.11 Å². The van der Waals surface area contributed by atoms with E-state index in [2.05, 4.69) is 29.2 Å². The molecule has 2 nitrogen and oxygen atoms in total. The Morgan fingerprint density at radius 2 is 1.59 bits per heavy atom. The molecule has 17 heavy (non-hydrogen) atoms.